The van der Waals surface area contributed by atoms with Crippen LogP contribution < -0.4 is 5.32 Å². The second kappa shape index (κ2) is 14.5. The van der Waals surface area contributed by atoms with E-state index in [2.05, 4.69) is 46.1 Å². The number of aromatic nitrogens is 1. The smallest absolute Gasteiger partial charge is 0.337 e. The first-order valence-corrected chi connectivity index (χ1v) is 15.8. The van der Waals surface area contributed by atoms with Crippen molar-refractivity contribution in [1.82, 2.24) is 9.88 Å². The third-order valence-corrected chi connectivity index (χ3v) is 8.28. The predicted molar refractivity (Wildman–Crippen MR) is 185 cm³/mol. The highest BCUT2D eigenvalue weighted by Gasteiger charge is 2.38. The molecule has 1 atom stereocenters. The zero-order valence-electron chi connectivity index (χ0n) is 26.5. The maximum atomic E-state index is 13.8. The van der Waals surface area contributed by atoms with E-state index in [-0.39, 0.29) is 13.2 Å². The summed E-state index contributed by atoms with van der Waals surface area (Å²) in [5, 5.41) is 4.55. The van der Waals surface area contributed by atoms with Crippen LogP contribution in [0.5, 0.6) is 0 Å². The van der Waals surface area contributed by atoms with Crippen LogP contribution in [0.3, 0.4) is 0 Å². The van der Waals surface area contributed by atoms with Gasteiger partial charge in [0.15, 0.2) is 6.61 Å². The van der Waals surface area contributed by atoms with Crippen LogP contribution in [0.2, 0.25) is 0 Å². The lowest BCUT2D eigenvalue weighted by atomic mass is 9.80. The van der Waals surface area contributed by atoms with E-state index in [0.29, 0.717) is 35.4 Å². The van der Waals surface area contributed by atoms with Gasteiger partial charge in [-0.1, -0.05) is 90.7 Å². The number of aryl methyl sites for hydroxylation is 1. The van der Waals surface area contributed by atoms with Crippen LogP contribution >= 0.6 is 0 Å². The van der Waals surface area contributed by atoms with Crippen molar-refractivity contribution in [3.8, 4) is 17.5 Å². The number of hydrogen-bond acceptors (Lipinski definition) is 5. The molecule has 6 nitrogen and oxygen atoms in total. The first-order chi connectivity index (χ1) is 23.0. The van der Waals surface area contributed by atoms with Crippen molar-refractivity contribution in [2.75, 3.05) is 13.2 Å². The molecule has 47 heavy (non-hydrogen) atoms. The second-order valence-corrected chi connectivity index (χ2v) is 11.3. The molecule has 0 saturated carbocycles. The summed E-state index contributed by atoms with van der Waals surface area (Å²) < 4.78 is 13.4. The number of allylic oxidation sites excluding steroid dienone is 1. The van der Waals surface area contributed by atoms with Crippen LogP contribution in [0.25, 0.3) is 22.3 Å². The fraction of sp³-hybridized carbons (Fsp3) is 0.171. The first-order valence-electron chi connectivity index (χ1n) is 15.8. The van der Waals surface area contributed by atoms with E-state index in [1.807, 2.05) is 104 Å². The Bertz CT molecular complexity index is 2010. The maximum Gasteiger partial charge on any atom is 0.337 e. The third kappa shape index (κ3) is 7.05. The standard InChI is InChI=1S/C41H36N2O4/c1-3-46-41(45)38-35(25-20-31-15-8-5-9-16-31)37(40(44)47-28-12-17-30-13-6-4-7-14-30)29(2)42-39(38)33-21-23-34(24-22-33)43-27-26-32-18-10-11-19-36(32)43/h4-11,13-16,18-19,21-24,26-27,35,42H,3,20,25,28H2,1-2H3. The number of esters is 2. The van der Waals surface area contributed by atoms with Crippen LogP contribution in [0.1, 0.15) is 37.0 Å². The quantitative estimate of drug-likeness (QED) is 0.136. The molecule has 5 aromatic rings. The van der Waals surface area contributed by atoms with Crippen LogP contribution in [0.15, 0.2) is 138 Å². The fourth-order valence-electron chi connectivity index (χ4n) is 6.06. The molecular weight excluding hydrogens is 584 g/mol. The summed E-state index contributed by atoms with van der Waals surface area (Å²) in [7, 11) is 0. The zero-order chi connectivity index (χ0) is 32.6. The minimum absolute atomic E-state index is 0.0727. The zero-order valence-corrected chi connectivity index (χ0v) is 26.5. The van der Waals surface area contributed by atoms with Gasteiger partial charge in [0.1, 0.15) is 0 Å². The number of rotatable bonds is 9. The molecule has 1 aliphatic heterocycles. The number of carbonyl (C=O) groups excluding carboxylic acids is 2. The molecule has 1 N–H and O–H groups in total. The van der Waals surface area contributed by atoms with Gasteiger partial charge < -0.3 is 19.4 Å². The molecule has 1 aliphatic rings. The molecule has 2 heterocycles. The maximum absolute atomic E-state index is 13.8. The Hall–Kier alpha value is -5.80. The Labute approximate surface area is 275 Å². The molecule has 0 bridgehead atoms. The Morgan fingerprint density at radius 3 is 2.21 bits per heavy atom. The van der Waals surface area contributed by atoms with Crippen LogP contribution in [-0.2, 0) is 25.5 Å². The molecule has 6 heteroatoms. The monoisotopic (exact) mass is 620 g/mol. The highest BCUT2D eigenvalue weighted by atomic mass is 16.5. The van der Waals surface area contributed by atoms with Crippen molar-refractivity contribution in [1.29, 1.82) is 0 Å². The van der Waals surface area contributed by atoms with E-state index in [4.69, 9.17) is 9.47 Å². The molecule has 1 aromatic heterocycles. The van der Waals surface area contributed by atoms with E-state index in [0.717, 1.165) is 33.3 Å². The Morgan fingerprint density at radius 2 is 1.47 bits per heavy atom. The molecule has 1 unspecified atom stereocenters. The fourth-order valence-corrected chi connectivity index (χ4v) is 6.06. The summed E-state index contributed by atoms with van der Waals surface area (Å²) in [5.74, 6) is 4.43. The van der Waals surface area contributed by atoms with Gasteiger partial charge in [-0.2, -0.15) is 0 Å². The molecule has 0 radical (unpaired) electrons. The van der Waals surface area contributed by atoms with Crippen molar-refractivity contribution in [3.63, 3.8) is 0 Å². The summed E-state index contributed by atoms with van der Waals surface area (Å²) >= 11 is 0. The van der Waals surface area contributed by atoms with Gasteiger partial charge in [0.05, 0.1) is 29.0 Å². The average Bonchev–Trinajstić information content (AvgIpc) is 3.54. The van der Waals surface area contributed by atoms with Gasteiger partial charge in [0.2, 0.25) is 0 Å². The molecule has 4 aromatic carbocycles. The minimum Gasteiger partial charge on any atom is -0.463 e. The van der Waals surface area contributed by atoms with Gasteiger partial charge in [0.25, 0.3) is 0 Å². The molecule has 0 amide bonds. The number of nitrogens with zero attached hydrogens (tertiary/aromatic N) is 1. The molecule has 0 aliphatic carbocycles. The summed E-state index contributed by atoms with van der Waals surface area (Å²) in [6.07, 6.45) is 3.21. The molecule has 0 saturated heterocycles. The largest absolute Gasteiger partial charge is 0.463 e. The SMILES string of the molecule is CCOC(=O)C1=C(c2ccc(-n3ccc4ccccc43)cc2)NC(C)=C(C(=O)OCC#Cc2ccccc2)C1CCc1ccccc1. The number of dihydropyridines is 1. The van der Waals surface area contributed by atoms with Gasteiger partial charge in [-0.3, -0.25) is 0 Å². The summed E-state index contributed by atoms with van der Waals surface area (Å²) in [5.41, 5.74) is 6.95. The second-order valence-electron chi connectivity index (χ2n) is 11.3. The number of carbonyl (C=O) groups is 2. The molecule has 234 valence electrons. The molecule has 0 fully saturated rings. The van der Waals surface area contributed by atoms with Gasteiger partial charge in [-0.25, -0.2) is 9.59 Å². The van der Waals surface area contributed by atoms with E-state index in [1.165, 1.54) is 0 Å². The van der Waals surface area contributed by atoms with Gasteiger partial charge >= 0.3 is 11.9 Å². The number of para-hydroxylation sites is 1. The number of hydrogen-bond donors (Lipinski definition) is 1. The van der Waals surface area contributed by atoms with E-state index in [1.54, 1.807) is 6.92 Å². The first kappa shape index (κ1) is 31.2. The number of nitrogens with one attached hydrogen (secondary N) is 1. The number of ether oxygens (including phenoxy) is 2. The van der Waals surface area contributed by atoms with Crippen molar-refractivity contribution < 1.29 is 19.1 Å². The Balaban J connectivity index is 1.35. The normalized spacial score (nSPS) is 14.3. The Morgan fingerprint density at radius 1 is 0.787 bits per heavy atom. The average molecular weight is 621 g/mol. The summed E-state index contributed by atoms with van der Waals surface area (Å²) in [6.45, 7) is 3.77. The topological polar surface area (TPSA) is 69.6 Å². The highest BCUT2D eigenvalue weighted by molar-refractivity contribution is 6.03. The van der Waals surface area contributed by atoms with Crippen molar-refractivity contribution in [2.45, 2.75) is 26.7 Å². The van der Waals surface area contributed by atoms with Gasteiger partial charge in [-0.15, -0.1) is 0 Å². The molecule has 0 spiro atoms. The van der Waals surface area contributed by atoms with Gasteiger partial charge in [0, 0.05) is 29.1 Å². The number of benzene rings is 4. The van der Waals surface area contributed by atoms with Gasteiger partial charge in [-0.05, 0) is 79.6 Å². The van der Waals surface area contributed by atoms with E-state index >= 15 is 0 Å². The van der Waals surface area contributed by atoms with Crippen LogP contribution in [0, 0.1) is 17.8 Å². The van der Waals surface area contributed by atoms with Crippen molar-refractivity contribution in [2.24, 2.45) is 5.92 Å². The number of fused-ring (bicyclic) bond motifs is 1. The van der Waals surface area contributed by atoms with Crippen molar-refractivity contribution >= 4 is 28.5 Å². The van der Waals surface area contributed by atoms with Crippen LogP contribution in [0.4, 0.5) is 0 Å². The lowest BCUT2D eigenvalue weighted by molar-refractivity contribution is -0.139. The molecule has 6 rings (SSSR count). The van der Waals surface area contributed by atoms with E-state index in [9.17, 15) is 9.59 Å². The lowest BCUT2D eigenvalue weighted by Gasteiger charge is -2.31. The molecular formula is C41H36N2O4. The third-order valence-electron chi connectivity index (χ3n) is 8.28. The Kier molecular flexibility index (Phi) is 9.64. The van der Waals surface area contributed by atoms with E-state index < -0.39 is 17.9 Å². The highest BCUT2D eigenvalue weighted by Crippen LogP contribution is 2.38. The minimum atomic E-state index is -0.562. The van der Waals surface area contributed by atoms with Crippen molar-refractivity contribution in [3.05, 3.63) is 155 Å². The lowest BCUT2D eigenvalue weighted by Crippen LogP contribution is -2.34. The summed E-state index contributed by atoms with van der Waals surface area (Å²) in [6, 6.07) is 38.0. The van der Waals surface area contributed by atoms with Crippen LogP contribution in [-0.4, -0.2) is 29.7 Å². The summed E-state index contributed by atoms with van der Waals surface area (Å²) in [4.78, 5) is 27.5. The predicted octanol–water partition coefficient (Wildman–Crippen LogP) is 7.63.